The number of aryl methyl sites for hydroxylation is 1. The average Bonchev–Trinajstić information content (AvgIpc) is 2.78. The number of carbonyl (C=O) groups excluding carboxylic acids is 1. The van der Waals surface area contributed by atoms with Crippen LogP contribution in [0, 0.1) is 21.4 Å². The van der Waals surface area contributed by atoms with Gasteiger partial charge in [0.2, 0.25) is 0 Å². The number of fused-ring (bicyclic) bond motifs is 1. The highest BCUT2D eigenvalue weighted by molar-refractivity contribution is 5.98. The van der Waals surface area contributed by atoms with E-state index in [0.717, 1.165) is 0 Å². The highest BCUT2D eigenvalue weighted by atomic mass is 16.6. The van der Waals surface area contributed by atoms with Gasteiger partial charge in [-0.15, -0.1) is 0 Å². The zero-order valence-corrected chi connectivity index (χ0v) is 12.1. The Morgan fingerprint density at radius 2 is 2.23 bits per heavy atom. The molecule has 0 bridgehead atoms. The smallest absolute Gasteiger partial charge is 0.412 e. The molecule has 1 heterocycles. The molecule has 2 rings (SSSR count). The van der Waals surface area contributed by atoms with Crippen LogP contribution in [0.5, 0.6) is 0 Å². The Morgan fingerprint density at radius 1 is 1.50 bits per heavy atom. The van der Waals surface area contributed by atoms with Crippen LogP contribution in [-0.2, 0) is 11.3 Å². The summed E-state index contributed by atoms with van der Waals surface area (Å²) in [5, 5.41) is 23.3. The fraction of sp³-hybridized carbons (Fsp3) is 0.286. The molecule has 114 valence electrons. The number of amides is 1. The molecule has 0 aliphatic carbocycles. The minimum Gasteiger partial charge on any atom is -0.450 e. The highest BCUT2D eigenvalue weighted by Gasteiger charge is 2.20. The van der Waals surface area contributed by atoms with Crippen LogP contribution >= 0.6 is 0 Å². The molecule has 8 nitrogen and oxygen atoms in total. The van der Waals surface area contributed by atoms with Crippen molar-refractivity contribution in [1.82, 2.24) is 4.57 Å². The molecule has 0 aliphatic heterocycles. The van der Waals surface area contributed by atoms with Gasteiger partial charge in [0.1, 0.15) is 17.5 Å². The molecule has 0 fully saturated rings. The molecule has 0 unspecified atom stereocenters. The first-order valence-corrected chi connectivity index (χ1v) is 6.67. The number of hydrogen-bond acceptors (Lipinski definition) is 5. The third-order valence-corrected chi connectivity index (χ3v) is 3.18. The van der Waals surface area contributed by atoms with Gasteiger partial charge >= 0.3 is 6.09 Å². The van der Waals surface area contributed by atoms with Crippen molar-refractivity contribution in [3.63, 3.8) is 0 Å². The number of rotatable bonds is 4. The van der Waals surface area contributed by atoms with Crippen LogP contribution in [-0.4, -0.2) is 22.2 Å². The summed E-state index contributed by atoms with van der Waals surface area (Å²) in [6.07, 6.45) is -0.675. The van der Waals surface area contributed by atoms with Crippen molar-refractivity contribution in [1.29, 1.82) is 5.26 Å². The minimum atomic E-state index is -0.675. The summed E-state index contributed by atoms with van der Waals surface area (Å²) in [6.45, 7) is 4.12. The lowest BCUT2D eigenvalue weighted by molar-refractivity contribution is -0.384. The molecule has 1 aromatic heterocycles. The first-order chi connectivity index (χ1) is 10.5. The number of nitro benzene ring substituents is 1. The Morgan fingerprint density at radius 3 is 2.77 bits per heavy atom. The zero-order chi connectivity index (χ0) is 16.3. The molecule has 1 amide bonds. The maximum absolute atomic E-state index is 11.6. The first-order valence-electron chi connectivity index (χ1n) is 6.67. The Hall–Kier alpha value is -3.08. The van der Waals surface area contributed by atoms with Gasteiger partial charge in [0.15, 0.2) is 0 Å². The topological polar surface area (TPSA) is 110 Å². The number of ether oxygens (including phenoxy) is 1. The van der Waals surface area contributed by atoms with E-state index in [1.165, 1.54) is 18.2 Å². The first kappa shape index (κ1) is 15.3. The third-order valence-electron chi connectivity index (χ3n) is 3.18. The lowest BCUT2D eigenvalue weighted by Gasteiger charge is -2.09. The Balaban J connectivity index is 2.66. The van der Waals surface area contributed by atoms with Crippen molar-refractivity contribution in [2.45, 2.75) is 20.4 Å². The van der Waals surface area contributed by atoms with E-state index in [0.29, 0.717) is 17.4 Å². The summed E-state index contributed by atoms with van der Waals surface area (Å²) in [6, 6.07) is 6.25. The molecule has 0 spiro atoms. The number of nitrogens with zero attached hydrogens (tertiary/aromatic N) is 3. The number of carbonyl (C=O) groups is 1. The monoisotopic (exact) mass is 302 g/mol. The molecule has 1 aromatic carbocycles. The van der Waals surface area contributed by atoms with Crippen molar-refractivity contribution < 1.29 is 14.5 Å². The van der Waals surface area contributed by atoms with Gasteiger partial charge in [-0.2, -0.15) is 5.26 Å². The summed E-state index contributed by atoms with van der Waals surface area (Å²) in [5.74, 6) is 0.277. The van der Waals surface area contributed by atoms with Gasteiger partial charge in [0.05, 0.1) is 17.0 Å². The minimum absolute atomic E-state index is 0.0770. The van der Waals surface area contributed by atoms with E-state index in [1.807, 2.05) is 13.0 Å². The summed E-state index contributed by atoms with van der Waals surface area (Å²) in [7, 11) is 0. The van der Waals surface area contributed by atoms with E-state index in [1.54, 1.807) is 11.5 Å². The molecule has 1 N–H and O–H groups in total. The van der Waals surface area contributed by atoms with Crippen molar-refractivity contribution in [2.75, 3.05) is 11.9 Å². The van der Waals surface area contributed by atoms with E-state index in [9.17, 15) is 20.2 Å². The van der Waals surface area contributed by atoms with Crippen LogP contribution in [0.15, 0.2) is 18.2 Å². The zero-order valence-electron chi connectivity index (χ0n) is 12.1. The molecular weight excluding hydrogens is 288 g/mol. The Labute approximate surface area is 126 Å². The van der Waals surface area contributed by atoms with Crippen molar-refractivity contribution in [2.24, 2.45) is 0 Å². The number of nitro groups is 1. The molecule has 0 radical (unpaired) electrons. The van der Waals surface area contributed by atoms with E-state index >= 15 is 0 Å². The van der Waals surface area contributed by atoms with Crippen LogP contribution in [0.4, 0.5) is 16.3 Å². The molecule has 8 heteroatoms. The second-order valence-electron chi connectivity index (χ2n) is 4.38. The second-order valence-corrected chi connectivity index (χ2v) is 4.38. The van der Waals surface area contributed by atoms with Crippen LogP contribution in [0.25, 0.3) is 10.9 Å². The SMILES string of the molecule is CCOC(=O)Nc1c(C#N)c2ccc([N+](=O)[O-])cc2n1CC. The Bertz CT molecular complexity index is 788. The molecule has 0 atom stereocenters. The number of nitrogens with one attached hydrogen (secondary N) is 1. The van der Waals surface area contributed by atoms with Gasteiger partial charge in [-0.3, -0.25) is 15.4 Å². The molecule has 0 saturated heterocycles. The third kappa shape index (κ3) is 2.56. The van der Waals surface area contributed by atoms with Crippen molar-refractivity contribution >= 4 is 28.5 Å². The Kier molecular flexibility index (Phi) is 4.27. The lowest BCUT2D eigenvalue weighted by atomic mass is 10.1. The van der Waals surface area contributed by atoms with Gasteiger partial charge < -0.3 is 9.30 Å². The summed E-state index contributed by atoms with van der Waals surface area (Å²) in [5.41, 5.74) is 0.687. The normalized spacial score (nSPS) is 10.2. The summed E-state index contributed by atoms with van der Waals surface area (Å²) in [4.78, 5) is 22.0. The van der Waals surface area contributed by atoms with Crippen LogP contribution < -0.4 is 5.32 Å². The largest absolute Gasteiger partial charge is 0.450 e. The fourth-order valence-corrected chi connectivity index (χ4v) is 2.29. The standard InChI is InChI=1S/C14H14N4O4/c1-3-17-12-7-9(18(20)21)5-6-10(12)11(8-15)13(17)16-14(19)22-4-2/h5-7H,3-4H2,1-2H3,(H,16,19). The predicted octanol–water partition coefficient (Wildman–Crippen LogP) is 3.01. The molecule has 0 aliphatic rings. The number of hydrogen-bond donors (Lipinski definition) is 1. The van der Waals surface area contributed by atoms with Crippen LogP contribution in [0.3, 0.4) is 0 Å². The van der Waals surface area contributed by atoms with Gasteiger partial charge in [0, 0.05) is 24.1 Å². The molecule has 0 saturated carbocycles. The van der Waals surface area contributed by atoms with E-state index in [-0.39, 0.29) is 23.7 Å². The molecule has 2 aromatic rings. The van der Waals surface area contributed by atoms with Crippen molar-refractivity contribution in [3.8, 4) is 6.07 Å². The fourth-order valence-electron chi connectivity index (χ4n) is 2.29. The number of non-ortho nitro benzene ring substituents is 1. The molecular formula is C14H14N4O4. The van der Waals surface area contributed by atoms with Gasteiger partial charge in [0.25, 0.3) is 5.69 Å². The quantitative estimate of drug-likeness (QED) is 0.689. The van der Waals surface area contributed by atoms with E-state index in [2.05, 4.69) is 5.32 Å². The van der Waals surface area contributed by atoms with Crippen LogP contribution in [0.2, 0.25) is 0 Å². The van der Waals surface area contributed by atoms with Crippen LogP contribution in [0.1, 0.15) is 19.4 Å². The summed E-state index contributed by atoms with van der Waals surface area (Å²) >= 11 is 0. The lowest BCUT2D eigenvalue weighted by Crippen LogP contribution is -2.16. The van der Waals surface area contributed by atoms with Gasteiger partial charge in [-0.25, -0.2) is 4.79 Å². The predicted molar refractivity (Wildman–Crippen MR) is 79.6 cm³/mol. The summed E-state index contributed by atoms with van der Waals surface area (Å²) < 4.78 is 6.46. The highest BCUT2D eigenvalue weighted by Crippen LogP contribution is 2.32. The number of nitriles is 1. The van der Waals surface area contributed by atoms with Gasteiger partial charge in [-0.05, 0) is 19.9 Å². The second kappa shape index (κ2) is 6.13. The van der Waals surface area contributed by atoms with E-state index in [4.69, 9.17) is 4.74 Å². The number of anilines is 1. The van der Waals surface area contributed by atoms with E-state index < -0.39 is 11.0 Å². The molecule has 22 heavy (non-hydrogen) atoms. The van der Waals surface area contributed by atoms with Gasteiger partial charge in [-0.1, -0.05) is 0 Å². The number of benzene rings is 1. The average molecular weight is 302 g/mol. The maximum atomic E-state index is 11.6. The van der Waals surface area contributed by atoms with Crippen molar-refractivity contribution in [3.05, 3.63) is 33.9 Å². The maximum Gasteiger partial charge on any atom is 0.412 e. The number of aromatic nitrogens is 1.